The second kappa shape index (κ2) is 13.6. The number of carbonyl (C=O) groups is 7. The fraction of sp³-hybridized carbons (Fsp3) is 0.588. The zero-order valence-electron chi connectivity index (χ0n) is 16.8. The van der Waals surface area contributed by atoms with Crippen LogP contribution >= 0.6 is 0 Å². The molecule has 172 valence electrons. The van der Waals surface area contributed by atoms with E-state index in [1.807, 2.05) is 0 Å². The van der Waals surface area contributed by atoms with Crippen molar-refractivity contribution in [3.8, 4) is 0 Å². The molecule has 14 heteroatoms. The molecule has 8 N–H and O–H groups in total. The van der Waals surface area contributed by atoms with Crippen LogP contribution in [0, 0.1) is 0 Å². The first-order valence-corrected chi connectivity index (χ1v) is 9.55. The van der Waals surface area contributed by atoms with Gasteiger partial charge in [0, 0.05) is 0 Å². The van der Waals surface area contributed by atoms with Crippen molar-refractivity contribution < 1.29 is 33.6 Å². The van der Waals surface area contributed by atoms with Gasteiger partial charge in [0.1, 0.15) is 6.29 Å². The number of rotatable bonds is 13. The van der Waals surface area contributed by atoms with Crippen LogP contribution in [0.2, 0.25) is 0 Å². The first-order chi connectivity index (χ1) is 14.7. The fourth-order valence-electron chi connectivity index (χ4n) is 2.53. The van der Waals surface area contributed by atoms with Gasteiger partial charge in [0.15, 0.2) is 0 Å². The molecule has 31 heavy (non-hydrogen) atoms. The van der Waals surface area contributed by atoms with Gasteiger partial charge in [-0.05, 0) is 19.4 Å². The third-order valence-corrected chi connectivity index (χ3v) is 4.07. The molecular formula is C17H27N7O7. The van der Waals surface area contributed by atoms with Crippen molar-refractivity contribution in [1.82, 2.24) is 31.9 Å². The lowest BCUT2D eigenvalue weighted by Crippen LogP contribution is -2.48. The quantitative estimate of drug-likeness (QED) is 0.137. The molecule has 0 aromatic rings. The van der Waals surface area contributed by atoms with E-state index in [1.165, 1.54) is 0 Å². The fourth-order valence-corrected chi connectivity index (χ4v) is 2.53. The van der Waals surface area contributed by atoms with Gasteiger partial charge in [0.25, 0.3) is 0 Å². The number of amides is 6. The molecule has 0 aromatic carbocycles. The SMILES string of the molecule is NC(=O)C[C@@H](C=O)NC(=O)CNC(=O)CNC(=O)CNC(=O)CNC(=O)[C@@H]1CCCN1. The van der Waals surface area contributed by atoms with Crippen molar-refractivity contribution in [2.45, 2.75) is 31.3 Å². The molecular weight excluding hydrogens is 414 g/mol. The summed E-state index contributed by atoms with van der Waals surface area (Å²) in [6.07, 6.45) is 1.56. The highest BCUT2D eigenvalue weighted by Gasteiger charge is 2.22. The van der Waals surface area contributed by atoms with E-state index in [1.54, 1.807) is 0 Å². The number of carbonyl (C=O) groups excluding carboxylic acids is 7. The van der Waals surface area contributed by atoms with Gasteiger partial charge in [-0.2, -0.15) is 0 Å². The molecule has 1 heterocycles. The molecule has 0 bridgehead atoms. The van der Waals surface area contributed by atoms with Gasteiger partial charge in [0.05, 0.1) is 44.7 Å². The summed E-state index contributed by atoms with van der Waals surface area (Å²) < 4.78 is 0. The maximum atomic E-state index is 11.8. The van der Waals surface area contributed by atoms with E-state index in [9.17, 15) is 33.6 Å². The summed E-state index contributed by atoms with van der Waals surface area (Å²) in [5.74, 6) is -3.69. The third-order valence-electron chi connectivity index (χ3n) is 4.07. The lowest BCUT2D eigenvalue weighted by molar-refractivity contribution is -0.129. The Balaban J connectivity index is 2.14. The zero-order valence-corrected chi connectivity index (χ0v) is 16.8. The standard InChI is InChI=1S/C17H27N7O7/c18-12(26)4-10(9-25)24-16(30)8-22-14(28)6-20-13(27)5-21-15(29)7-23-17(31)11-2-1-3-19-11/h9-11,19H,1-8H2,(H2,18,26)(H,20,27)(H,21,29)(H,22,28)(H,23,31)(H,24,30)/t10-,11-/m0/s1. The van der Waals surface area contributed by atoms with Crippen LogP contribution in [-0.2, 0) is 33.6 Å². The highest BCUT2D eigenvalue weighted by Crippen LogP contribution is 2.03. The molecule has 2 atom stereocenters. The predicted molar refractivity (Wildman–Crippen MR) is 105 cm³/mol. The Bertz CT molecular complexity index is 707. The van der Waals surface area contributed by atoms with Crippen LogP contribution in [-0.4, -0.2) is 86.5 Å². The molecule has 0 saturated carbocycles. The maximum Gasteiger partial charge on any atom is 0.239 e. The minimum absolute atomic E-state index is 0.280. The van der Waals surface area contributed by atoms with Crippen LogP contribution in [0.3, 0.4) is 0 Å². The van der Waals surface area contributed by atoms with Crippen molar-refractivity contribution in [1.29, 1.82) is 0 Å². The van der Waals surface area contributed by atoms with E-state index < -0.39 is 55.2 Å². The number of hydrogen-bond donors (Lipinski definition) is 7. The van der Waals surface area contributed by atoms with Gasteiger partial charge >= 0.3 is 0 Å². The van der Waals surface area contributed by atoms with Crippen molar-refractivity contribution in [2.24, 2.45) is 5.73 Å². The monoisotopic (exact) mass is 441 g/mol. The van der Waals surface area contributed by atoms with Gasteiger partial charge in [-0.25, -0.2) is 0 Å². The highest BCUT2D eigenvalue weighted by atomic mass is 16.2. The van der Waals surface area contributed by atoms with E-state index in [0.29, 0.717) is 12.7 Å². The Hall–Kier alpha value is -3.55. The largest absolute Gasteiger partial charge is 0.370 e. The van der Waals surface area contributed by atoms with Gasteiger partial charge < -0.3 is 42.4 Å². The molecule has 0 unspecified atom stereocenters. The molecule has 0 spiro atoms. The summed E-state index contributed by atoms with van der Waals surface area (Å²) in [5, 5.41) is 14.4. The zero-order chi connectivity index (χ0) is 23.2. The molecule has 0 aliphatic carbocycles. The summed E-state index contributed by atoms with van der Waals surface area (Å²) in [5.41, 5.74) is 4.93. The average Bonchev–Trinajstić information content (AvgIpc) is 3.27. The molecule has 14 nitrogen and oxygen atoms in total. The first-order valence-electron chi connectivity index (χ1n) is 9.55. The number of aldehydes is 1. The van der Waals surface area contributed by atoms with Gasteiger partial charge in [0.2, 0.25) is 35.4 Å². The number of nitrogens with two attached hydrogens (primary N) is 1. The first kappa shape index (κ1) is 25.5. The van der Waals surface area contributed by atoms with Crippen LogP contribution in [0.1, 0.15) is 19.3 Å². The van der Waals surface area contributed by atoms with Crippen LogP contribution in [0.15, 0.2) is 0 Å². The van der Waals surface area contributed by atoms with E-state index in [-0.39, 0.29) is 24.9 Å². The summed E-state index contributed by atoms with van der Waals surface area (Å²) >= 11 is 0. The maximum absolute atomic E-state index is 11.8. The van der Waals surface area contributed by atoms with Crippen LogP contribution in [0.5, 0.6) is 0 Å². The van der Waals surface area contributed by atoms with Crippen molar-refractivity contribution in [3.05, 3.63) is 0 Å². The predicted octanol–water partition coefficient (Wildman–Crippen LogP) is -5.24. The van der Waals surface area contributed by atoms with Gasteiger partial charge in [-0.1, -0.05) is 0 Å². The summed E-state index contributed by atoms with van der Waals surface area (Å²) in [6.45, 7) is -0.873. The number of hydrogen-bond acceptors (Lipinski definition) is 8. The lowest BCUT2D eigenvalue weighted by atomic mass is 10.2. The van der Waals surface area contributed by atoms with Crippen LogP contribution in [0.25, 0.3) is 0 Å². The molecule has 1 aliphatic rings. The molecule has 1 aliphatic heterocycles. The second-order valence-electron chi connectivity index (χ2n) is 6.68. The van der Waals surface area contributed by atoms with Crippen LogP contribution < -0.4 is 37.6 Å². The summed E-state index contributed by atoms with van der Waals surface area (Å²) in [6, 6.07) is -1.41. The lowest BCUT2D eigenvalue weighted by Gasteiger charge is -2.12. The van der Waals surface area contributed by atoms with Gasteiger partial charge in [-0.15, -0.1) is 0 Å². The Morgan fingerprint density at radius 1 is 0.871 bits per heavy atom. The van der Waals surface area contributed by atoms with Crippen molar-refractivity contribution in [3.63, 3.8) is 0 Å². The summed E-state index contributed by atoms with van der Waals surface area (Å²) in [7, 11) is 0. The van der Waals surface area contributed by atoms with Crippen molar-refractivity contribution >= 4 is 41.7 Å². The molecule has 6 amide bonds. The average molecular weight is 441 g/mol. The Labute approximate surface area is 177 Å². The van der Waals surface area contributed by atoms with E-state index >= 15 is 0 Å². The minimum Gasteiger partial charge on any atom is -0.370 e. The van der Waals surface area contributed by atoms with Gasteiger partial charge in [-0.3, -0.25) is 28.8 Å². The number of primary amides is 1. The van der Waals surface area contributed by atoms with E-state index in [2.05, 4.69) is 31.9 Å². The molecule has 1 saturated heterocycles. The third kappa shape index (κ3) is 11.3. The molecule has 0 aromatic heterocycles. The molecule has 0 radical (unpaired) electrons. The Morgan fingerprint density at radius 3 is 1.84 bits per heavy atom. The summed E-state index contributed by atoms with van der Waals surface area (Å²) in [4.78, 5) is 79.8. The number of nitrogens with one attached hydrogen (secondary N) is 6. The molecule has 1 fully saturated rings. The molecule has 1 rings (SSSR count). The van der Waals surface area contributed by atoms with E-state index in [4.69, 9.17) is 5.73 Å². The van der Waals surface area contributed by atoms with Crippen molar-refractivity contribution in [2.75, 3.05) is 32.7 Å². The smallest absolute Gasteiger partial charge is 0.239 e. The normalized spacial score (nSPS) is 15.8. The van der Waals surface area contributed by atoms with E-state index in [0.717, 1.165) is 13.0 Å². The topological polar surface area (TPSA) is 218 Å². The Kier molecular flexibility index (Phi) is 11.2. The van der Waals surface area contributed by atoms with Crippen LogP contribution in [0.4, 0.5) is 0 Å². The highest BCUT2D eigenvalue weighted by molar-refractivity contribution is 5.92. The Morgan fingerprint density at radius 2 is 1.39 bits per heavy atom. The minimum atomic E-state index is -1.09. The second-order valence-corrected chi connectivity index (χ2v) is 6.68.